The monoisotopic (exact) mass is 483 g/mol. The van der Waals surface area contributed by atoms with E-state index in [9.17, 15) is 21.4 Å². The van der Waals surface area contributed by atoms with Gasteiger partial charge in [-0.1, -0.05) is 30.3 Å². The maximum atomic E-state index is 11.4. The molecule has 0 aliphatic rings. The Bertz CT molecular complexity index is 1600. The van der Waals surface area contributed by atoms with Crippen LogP contribution >= 0.6 is 0 Å². The van der Waals surface area contributed by atoms with E-state index in [1.165, 1.54) is 30.3 Å². The first-order valence-corrected chi connectivity index (χ1v) is 12.3. The van der Waals surface area contributed by atoms with Crippen molar-refractivity contribution in [2.75, 3.05) is 5.73 Å². The van der Waals surface area contributed by atoms with Crippen LogP contribution in [0.1, 0.15) is 0 Å². The summed E-state index contributed by atoms with van der Waals surface area (Å²) in [6.07, 6.45) is 0. The van der Waals surface area contributed by atoms with Crippen molar-refractivity contribution in [1.82, 2.24) is 0 Å². The summed E-state index contributed by atoms with van der Waals surface area (Å²) in [5.74, 6) is 0. The lowest BCUT2D eigenvalue weighted by molar-refractivity contribution is 0.481. The molecular formula is C22H17N3O6S2. The van der Waals surface area contributed by atoms with Gasteiger partial charge in [-0.05, 0) is 59.7 Å². The maximum Gasteiger partial charge on any atom is 0.294 e. The fourth-order valence-corrected chi connectivity index (χ4v) is 4.22. The molecular weight excluding hydrogens is 466 g/mol. The zero-order chi connectivity index (χ0) is 23.8. The number of anilines is 1. The number of nitrogens with zero attached hydrogens (tertiary/aromatic N) is 2. The van der Waals surface area contributed by atoms with E-state index in [0.717, 1.165) is 11.1 Å². The predicted molar refractivity (Wildman–Crippen MR) is 124 cm³/mol. The predicted octanol–water partition coefficient (Wildman–Crippen LogP) is 5.00. The van der Waals surface area contributed by atoms with Crippen molar-refractivity contribution >= 4 is 48.1 Å². The van der Waals surface area contributed by atoms with Gasteiger partial charge in [0.2, 0.25) is 0 Å². The summed E-state index contributed by atoms with van der Waals surface area (Å²) >= 11 is 0. The summed E-state index contributed by atoms with van der Waals surface area (Å²) in [6, 6.07) is 20.1. The second-order valence-electron chi connectivity index (χ2n) is 7.10. The number of fused-ring (bicyclic) bond motifs is 1. The van der Waals surface area contributed by atoms with Crippen molar-refractivity contribution in [3.05, 3.63) is 78.9 Å². The molecule has 4 aromatic carbocycles. The number of nitrogens with two attached hydrogens (primary N) is 1. The highest BCUT2D eigenvalue weighted by Crippen LogP contribution is 2.33. The van der Waals surface area contributed by atoms with E-state index in [1.807, 2.05) is 0 Å². The van der Waals surface area contributed by atoms with Gasteiger partial charge in [0.25, 0.3) is 20.2 Å². The highest BCUT2D eigenvalue weighted by Gasteiger charge is 2.13. The van der Waals surface area contributed by atoms with Gasteiger partial charge in [-0.25, -0.2) is 0 Å². The Morgan fingerprint density at radius 1 is 0.606 bits per heavy atom. The van der Waals surface area contributed by atoms with Gasteiger partial charge < -0.3 is 5.73 Å². The molecule has 33 heavy (non-hydrogen) atoms. The number of hydrogen-bond donors (Lipinski definition) is 3. The lowest BCUT2D eigenvalue weighted by atomic mass is 10.1. The molecule has 0 amide bonds. The van der Waals surface area contributed by atoms with Gasteiger partial charge in [-0.15, -0.1) is 5.11 Å². The number of hydrogen-bond acceptors (Lipinski definition) is 7. The fourth-order valence-electron chi connectivity index (χ4n) is 3.23. The minimum absolute atomic E-state index is 0.184. The van der Waals surface area contributed by atoms with E-state index in [2.05, 4.69) is 10.2 Å². The van der Waals surface area contributed by atoms with Crippen molar-refractivity contribution in [2.45, 2.75) is 9.79 Å². The van der Waals surface area contributed by atoms with E-state index >= 15 is 0 Å². The molecule has 0 aliphatic carbocycles. The first kappa shape index (κ1) is 22.6. The fraction of sp³-hybridized carbons (Fsp3) is 0. The van der Waals surface area contributed by atoms with Crippen LogP contribution in [0.25, 0.3) is 21.9 Å². The summed E-state index contributed by atoms with van der Waals surface area (Å²) in [6.45, 7) is 0. The van der Waals surface area contributed by atoms with Crippen LogP contribution in [0.15, 0.2) is 98.9 Å². The maximum absolute atomic E-state index is 11.4. The number of nitrogen functional groups attached to an aromatic ring is 1. The summed E-state index contributed by atoms with van der Waals surface area (Å²) in [7, 11) is -8.62. The SMILES string of the molecule is Nc1ccc(N=Nc2ccc(-c3ccc(S(=O)(=O)O)cc3)cc2)c2ccc(S(=O)(=O)O)cc12. The lowest BCUT2D eigenvalue weighted by Crippen LogP contribution is -1.98. The topological polar surface area (TPSA) is 159 Å². The molecule has 0 heterocycles. The minimum Gasteiger partial charge on any atom is -0.398 e. The Hall–Kier alpha value is -3.64. The third-order valence-electron chi connectivity index (χ3n) is 4.92. The normalized spacial score (nSPS) is 12.4. The molecule has 0 saturated heterocycles. The van der Waals surface area contributed by atoms with Gasteiger partial charge in [-0.2, -0.15) is 21.9 Å². The zero-order valence-corrected chi connectivity index (χ0v) is 18.5. The van der Waals surface area contributed by atoms with Gasteiger partial charge in [0.05, 0.1) is 21.2 Å². The minimum atomic E-state index is -4.37. The molecule has 0 fully saturated rings. The summed E-state index contributed by atoms with van der Waals surface area (Å²) < 4.78 is 63.5. The molecule has 0 unspecified atom stereocenters. The third kappa shape index (κ3) is 4.91. The van der Waals surface area contributed by atoms with Crippen molar-refractivity contribution in [2.24, 2.45) is 10.2 Å². The molecule has 4 aromatic rings. The van der Waals surface area contributed by atoms with Crippen LogP contribution in [0, 0.1) is 0 Å². The molecule has 0 bridgehead atoms. The van der Waals surface area contributed by atoms with Crippen LogP contribution in [0.4, 0.5) is 17.1 Å². The molecule has 0 atom stereocenters. The van der Waals surface area contributed by atoms with Crippen LogP contribution in [0.5, 0.6) is 0 Å². The number of rotatable bonds is 5. The third-order valence-corrected chi connectivity index (χ3v) is 6.64. The van der Waals surface area contributed by atoms with Gasteiger partial charge in [0.1, 0.15) is 0 Å². The van der Waals surface area contributed by atoms with Crippen LogP contribution < -0.4 is 5.73 Å². The molecule has 4 rings (SSSR count). The molecule has 4 N–H and O–H groups in total. The first-order valence-electron chi connectivity index (χ1n) is 9.42. The Labute approximate surface area is 189 Å². The molecule has 0 saturated carbocycles. The standard InChI is InChI=1S/C22H17N3O6S2/c23-21-11-12-22(19-10-9-18(13-20(19)21)33(29,30)31)25-24-16-5-1-14(2-6-16)15-3-7-17(8-4-15)32(26,27)28/h1-13H,23H2,(H,26,27,28)(H,29,30,31). The molecule has 0 aromatic heterocycles. The molecule has 9 nitrogen and oxygen atoms in total. The second kappa shape index (κ2) is 8.37. The number of benzene rings is 4. The smallest absolute Gasteiger partial charge is 0.294 e. The molecule has 11 heteroatoms. The van der Waals surface area contributed by atoms with Gasteiger partial charge in [-0.3, -0.25) is 9.11 Å². The van der Waals surface area contributed by atoms with E-state index in [-0.39, 0.29) is 9.79 Å². The lowest BCUT2D eigenvalue weighted by Gasteiger charge is -2.07. The Morgan fingerprint density at radius 3 is 1.73 bits per heavy atom. The van der Waals surface area contributed by atoms with E-state index in [4.69, 9.17) is 10.3 Å². The zero-order valence-electron chi connectivity index (χ0n) is 16.8. The van der Waals surface area contributed by atoms with Crippen LogP contribution in [0.2, 0.25) is 0 Å². The van der Waals surface area contributed by atoms with Crippen LogP contribution in [-0.2, 0) is 20.2 Å². The van der Waals surface area contributed by atoms with Crippen LogP contribution in [-0.4, -0.2) is 25.9 Å². The quantitative estimate of drug-likeness (QED) is 0.205. The van der Waals surface area contributed by atoms with Gasteiger partial charge in [0.15, 0.2) is 0 Å². The molecule has 0 aliphatic heterocycles. The average molecular weight is 484 g/mol. The molecule has 0 radical (unpaired) electrons. The second-order valence-corrected chi connectivity index (χ2v) is 9.95. The summed E-state index contributed by atoms with van der Waals surface area (Å²) in [5, 5.41) is 9.45. The van der Waals surface area contributed by atoms with Gasteiger partial charge >= 0.3 is 0 Å². The highest BCUT2D eigenvalue weighted by molar-refractivity contribution is 7.86. The van der Waals surface area contributed by atoms with E-state index in [0.29, 0.717) is 27.8 Å². The first-order chi connectivity index (χ1) is 15.5. The van der Waals surface area contributed by atoms with Crippen molar-refractivity contribution in [3.63, 3.8) is 0 Å². The largest absolute Gasteiger partial charge is 0.398 e. The average Bonchev–Trinajstić information content (AvgIpc) is 2.78. The number of azo groups is 1. The Balaban J connectivity index is 1.61. The van der Waals surface area contributed by atoms with Crippen molar-refractivity contribution < 1.29 is 25.9 Å². The van der Waals surface area contributed by atoms with Crippen LogP contribution in [0.3, 0.4) is 0 Å². The van der Waals surface area contributed by atoms with E-state index in [1.54, 1.807) is 48.5 Å². The Kier molecular flexibility index (Phi) is 5.72. The summed E-state index contributed by atoms with van der Waals surface area (Å²) in [4.78, 5) is -0.452. The molecule has 0 spiro atoms. The molecule has 168 valence electrons. The van der Waals surface area contributed by atoms with Gasteiger partial charge in [0, 0.05) is 16.5 Å². The summed E-state index contributed by atoms with van der Waals surface area (Å²) in [5.41, 5.74) is 8.86. The van der Waals surface area contributed by atoms with Crippen molar-refractivity contribution in [1.29, 1.82) is 0 Å². The highest BCUT2D eigenvalue weighted by atomic mass is 32.2. The van der Waals surface area contributed by atoms with E-state index < -0.39 is 20.2 Å². The van der Waals surface area contributed by atoms with Crippen molar-refractivity contribution in [3.8, 4) is 11.1 Å². The Morgan fingerprint density at radius 2 is 1.15 bits per heavy atom.